The average molecular weight is 309 g/mol. The van der Waals surface area contributed by atoms with Crippen molar-refractivity contribution >= 4 is 21.6 Å². The normalized spacial score (nSPS) is 13.7. The molecule has 0 aromatic heterocycles. The summed E-state index contributed by atoms with van der Waals surface area (Å²) < 4.78 is 1.00. The highest BCUT2D eigenvalue weighted by molar-refractivity contribution is 9.10. The number of nitrogens with one attached hydrogen (secondary N) is 1. The largest absolute Gasteiger partial charge is 0.381 e. The summed E-state index contributed by atoms with van der Waals surface area (Å²) in [4.78, 5) is 0. The van der Waals surface area contributed by atoms with Crippen LogP contribution in [0.1, 0.15) is 45.6 Å². The van der Waals surface area contributed by atoms with Gasteiger partial charge in [0.2, 0.25) is 0 Å². The van der Waals surface area contributed by atoms with Gasteiger partial charge in [-0.25, -0.2) is 0 Å². The number of rotatable bonds is 6. The SMILES string of the molecule is CCC(C)CC(CC)Nc1cc(Br)ccc1C#N. The molecule has 18 heavy (non-hydrogen) atoms. The summed E-state index contributed by atoms with van der Waals surface area (Å²) in [6, 6.07) is 8.40. The van der Waals surface area contributed by atoms with E-state index in [0.29, 0.717) is 17.5 Å². The van der Waals surface area contributed by atoms with Crippen LogP contribution in [0.3, 0.4) is 0 Å². The molecule has 0 radical (unpaired) electrons. The number of anilines is 1. The molecule has 1 rings (SSSR count). The zero-order valence-corrected chi connectivity index (χ0v) is 12.9. The third-order valence-corrected chi connectivity index (χ3v) is 3.83. The third-order valence-electron chi connectivity index (χ3n) is 3.34. The molecule has 2 nitrogen and oxygen atoms in total. The molecule has 1 aromatic carbocycles. The standard InChI is InChI=1S/C15H21BrN2/c1-4-11(3)8-14(5-2)18-15-9-13(16)7-6-12(15)10-17/h6-7,9,11,14,18H,4-5,8H2,1-3H3. The molecule has 3 heteroatoms. The van der Waals surface area contributed by atoms with Crippen molar-refractivity contribution in [3.63, 3.8) is 0 Å². The molecule has 1 N–H and O–H groups in total. The van der Waals surface area contributed by atoms with Crippen LogP contribution < -0.4 is 5.32 Å². The molecule has 2 atom stereocenters. The van der Waals surface area contributed by atoms with Crippen molar-refractivity contribution in [1.29, 1.82) is 5.26 Å². The number of halogens is 1. The van der Waals surface area contributed by atoms with Crippen LogP contribution in [0, 0.1) is 17.2 Å². The first-order valence-corrected chi connectivity index (χ1v) is 7.36. The number of nitrogens with zero attached hydrogens (tertiary/aromatic N) is 1. The lowest BCUT2D eigenvalue weighted by atomic mass is 9.97. The Kier molecular flexibility index (Phi) is 6.21. The molecule has 0 aliphatic carbocycles. The van der Waals surface area contributed by atoms with Crippen LogP contribution in [0.2, 0.25) is 0 Å². The fourth-order valence-corrected chi connectivity index (χ4v) is 2.29. The van der Waals surface area contributed by atoms with E-state index >= 15 is 0 Å². The molecule has 0 bridgehead atoms. The van der Waals surface area contributed by atoms with Gasteiger partial charge in [-0.3, -0.25) is 0 Å². The van der Waals surface area contributed by atoms with E-state index < -0.39 is 0 Å². The number of nitriles is 1. The monoisotopic (exact) mass is 308 g/mol. The van der Waals surface area contributed by atoms with E-state index in [0.717, 1.165) is 23.0 Å². The summed E-state index contributed by atoms with van der Waals surface area (Å²) in [6.07, 6.45) is 3.41. The molecule has 0 saturated carbocycles. The van der Waals surface area contributed by atoms with Crippen molar-refractivity contribution in [3.8, 4) is 6.07 Å². The predicted octanol–water partition coefficient (Wildman–Crippen LogP) is 4.95. The second-order valence-electron chi connectivity index (χ2n) is 4.80. The van der Waals surface area contributed by atoms with Gasteiger partial charge in [-0.1, -0.05) is 43.1 Å². The quantitative estimate of drug-likeness (QED) is 0.807. The van der Waals surface area contributed by atoms with Gasteiger partial charge in [0.1, 0.15) is 6.07 Å². The van der Waals surface area contributed by atoms with Gasteiger partial charge in [0.05, 0.1) is 11.3 Å². The number of benzene rings is 1. The second kappa shape index (κ2) is 7.43. The lowest BCUT2D eigenvalue weighted by molar-refractivity contribution is 0.462. The van der Waals surface area contributed by atoms with Crippen LogP contribution in [-0.4, -0.2) is 6.04 Å². The van der Waals surface area contributed by atoms with E-state index in [-0.39, 0.29) is 0 Å². The van der Waals surface area contributed by atoms with Crippen LogP contribution >= 0.6 is 15.9 Å². The molecule has 0 saturated heterocycles. The Morgan fingerprint density at radius 3 is 2.61 bits per heavy atom. The first kappa shape index (κ1) is 15.0. The Balaban J connectivity index is 2.81. The van der Waals surface area contributed by atoms with E-state index in [1.807, 2.05) is 18.2 Å². The van der Waals surface area contributed by atoms with Gasteiger partial charge in [0.15, 0.2) is 0 Å². The first-order valence-electron chi connectivity index (χ1n) is 6.56. The molecule has 98 valence electrons. The summed E-state index contributed by atoms with van der Waals surface area (Å²) in [5, 5.41) is 12.6. The minimum absolute atomic E-state index is 0.432. The van der Waals surface area contributed by atoms with E-state index in [9.17, 15) is 0 Å². The molecule has 0 fully saturated rings. The molecular weight excluding hydrogens is 288 g/mol. The van der Waals surface area contributed by atoms with Gasteiger partial charge in [-0.05, 0) is 37.0 Å². The maximum atomic E-state index is 9.12. The fraction of sp³-hybridized carbons (Fsp3) is 0.533. The van der Waals surface area contributed by atoms with Crippen molar-refractivity contribution < 1.29 is 0 Å². The van der Waals surface area contributed by atoms with Gasteiger partial charge in [-0.2, -0.15) is 5.26 Å². The number of hydrogen-bond acceptors (Lipinski definition) is 2. The maximum absolute atomic E-state index is 9.12. The smallest absolute Gasteiger partial charge is 0.101 e. The molecule has 0 spiro atoms. The highest BCUT2D eigenvalue weighted by Gasteiger charge is 2.12. The Bertz CT molecular complexity index is 423. The highest BCUT2D eigenvalue weighted by atomic mass is 79.9. The fourth-order valence-electron chi connectivity index (χ4n) is 1.93. The van der Waals surface area contributed by atoms with Crippen LogP contribution in [0.15, 0.2) is 22.7 Å². The first-order chi connectivity index (χ1) is 8.60. The van der Waals surface area contributed by atoms with Crippen LogP contribution in [0.4, 0.5) is 5.69 Å². The summed E-state index contributed by atoms with van der Waals surface area (Å²) in [6.45, 7) is 6.68. The van der Waals surface area contributed by atoms with E-state index in [1.165, 1.54) is 6.42 Å². The van der Waals surface area contributed by atoms with Gasteiger partial charge < -0.3 is 5.32 Å². The van der Waals surface area contributed by atoms with Crippen molar-refractivity contribution in [2.75, 3.05) is 5.32 Å². The second-order valence-corrected chi connectivity index (χ2v) is 5.72. The Hall–Kier alpha value is -1.01. The summed E-state index contributed by atoms with van der Waals surface area (Å²) >= 11 is 3.45. The predicted molar refractivity (Wildman–Crippen MR) is 80.6 cm³/mol. The van der Waals surface area contributed by atoms with Gasteiger partial charge in [0, 0.05) is 10.5 Å². The van der Waals surface area contributed by atoms with Crippen LogP contribution in [-0.2, 0) is 0 Å². The van der Waals surface area contributed by atoms with Gasteiger partial charge in [-0.15, -0.1) is 0 Å². The van der Waals surface area contributed by atoms with Gasteiger partial charge in [0.25, 0.3) is 0 Å². The molecule has 0 aliphatic rings. The third kappa shape index (κ3) is 4.34. The molecule has 0 amide bonds. The molecule has 0 aliphatic heterocycles. The van der Waals surface area contributed by atoms with Crippen molar-refractivity contribution in [1.82, 2.24) is 0 Å². The highest BCUT2D eigenvalue weighted by Crippen LogP contribution is 2.24. The minimum Gasteiger partial charge on any atom is -0.381 e. The Morgan fingerprint density at radius 2 is 2.06 bits per heavy atom. The maximum Gasteiger partial charge on any atom is 0.101 e. The van der Waals surface area contributed by atoms with E-state index in [4.69, 9.17) is 5.26 Å². The lowest BCUT2D eigenvalue weighted by Gasteiger charge is -2.22. The Morgan fingerprint density at radius 1 is 1.33 bits per heavy atom. The zero-order valence-electron chi connectivity index (χ0n) is 11.3. The van der Waals surface area contributed by atoms with Crippen LogP contribution in [0.25, 0.3) is 0 Å². The number of hydrogen-bond donors (Lipinski definition) is 1. The Labute approximate surface area is 119 Å². The van der Waals surface area contributed by atoms with Gasteiger partial charge >= 0.3 is 0 Å². The molecule has 0 heterocycles. The molecular formula is C15H21BrN2. The minimum atomic E-state index is 0.432. The van der Waals surface area contributed by atoms with Crippen molar-refractivity contribution in [3.05, 3.63) is 28.2 Å². The van der Waals surface area contributed by atoms with Crippen LogP contribution in [0.5, 0.6) is 0 Å². The van der Waals surface area contributed by atoms with E-state index in [1.54, 1.807) is 0 Å². The van der Waals surface area contributed by atoms with Crippen molar-refractivity contribution in [2.45, 2.75) is 46.1 Å². The summed E-state index contributed by atoms with van der Waals surface area (Å²) in [7, 11) is 0. The molecule has 2 unspecified atom stereocenters. The summed E-state index contributed by atoms with van der Waals surface area (Å²) in [5.41, 5.74) is 1.64. The van der Waals surface area contributed by atoms with Crippen molar-refractivity contribution in [2.24, 2.45) is 5.92 Å². The topological polar surface area (TPSA) is 35.8 Å². The average Bonchev–Trinajstić information content (AvgIpc) is 2.38. The lowest BCUT2D eigenvalue weighted by Crippen LogP contribution is -2.21. The zero-order chi connectivity index (χ0) is 13.5. The summed E-state index contributed by atoms with van der Waals surface area (Å²) in [5.74, 6) is 0.708. The molecule has 1 aromatic rings. The van der Waals surface area contributed by atoms with E-state index in [2.05, 4.69) is 48.1 Å².